The first kappa shape index (κ1) is 27.4. The van der Waals surface area contributed by atoms with E-state index in [1.807, 2.05) is 27.7 Å². The summed E-state index contributed by atoms with van der Waals surface area (Å²) in [5, 5.41) is 60.4. The molecule has 0 aromatic heterocycles. The third-order valence-corrected chi connectivity index (χ3v) is 6.13. The monoisotopic (exact) mass is 470 g/mol. The molecule has 0 bridgehead atoms. The molecule has 0 aliphatic heterocycles. The lowest BCUT2D eigenvalue weighted by Crippen LogP contribution is -2.16. The van der Waals surface area contributed by atoms with E-state index in [1.165, 1.54) is 24.3 Å². The summed E-state index contributed by atoms with van der Waals surface area (Å²) >= 11 is 0. The van der Waals surface area contributed by atoms with Crippen LogP contribution in [0.4, 0.5) is 0 Å². The van der Waals surface area contributed by atoms with Gasteiger partial charge < -0.3 is 30.6 Å². The molecule has 0 unspecified atom stereocenters. The van der Waals surface area contributed by atoms with Gasteiger partial charge in [0.05, 0.1) is 11.1 Å². The van der Waals surface area contributed by atoms with Gasteiger partial charge >= 0.3 is 0 Å². The standard InChI is InChI=1S/C28H38O6/c1-27(2,17-29)11-5-7-19-13-23(31)15-21(25(19)33)9-10-22-16-24(32)14-20(26(22)34)8-6-12-28(3,4)18-30/h13-16,29-34H,5-8,11-12,17-18H2,1-4H3. The molecule has 0 atom stereocenters. The highest BCUT2D eigenvalue weighted by molar-refractivity contribution is 5.59. The van der Waals surface area contributed by atoms with Crippen molar-refractivity contribution in [2.24, 2.45) is 10.8 Å². The first-order valence-electron chi connectivity index (χ1n) is 11.7. The highest BCUT2D eigenvalue weighted by atomic mass is 16.3. The van der Waals surface area contributed by atoms with Gasteiger partial charge in [-0.05, 0) is 84.7 Å². The molecule has 0 spiro atoms. The smallest absolute Gasteiger partial charge is 0.134 e. The molecule has 0 heterocycles. The Morgan fingerprint density at radius 3 is 1.29 bits per heavy atom. The first-order valence-corrected chi connectivity index (χ1v) is 11.7. The van der Waals surface area contributed by atoms with Gasteiger partial charge in [-0.3, -0.25) is 0 Å². The van der Waals surface area contributed by atoms with Crippen LogP contribution in [0.5, 0.6) is 23.0 Å². The maximum absolute atomic E-state index is 10.7. The molecule has 2 rings (SSSR count). The number of aromatic hydroxyl groups is 4. The average molecular weight is 471 g/mol. The van der Waals surface area contributed by atoms with Gasteiger partial charge in [-0.2, -0.15) is 0 Å². The van der Waals surface area contributed by atoms with Crippen molar-refractivity contribution in [3.05, 3.63) is 46.5 Å². The topological polar surface area (TPSA) is 121 Å². The number of phenolic OH excluding ortho intramolecular Hbond substituents is 4. The van der Waals surface area contributed by atoms with Gasteiger partial charge in [0.15, 0.2) is 0 Å². The fourth-order valence-corrected chi connectivity index (χ4v) is 3.73. The van der Waals surface area contributed by atoms with Crippen LogP contribution < -0.4 is 0 Å². The predicted molar refractivity (Wildman–Crippen MR) is 133 cm³/mol. The number of hydrogen-bond donors (Lipinski definition) is 6. The maximum atomic E-state index is 10.7. The largest absolute Gasteiger partial charge is 0.508 e. The molecule has 6 nitrogen and oxygen atoms in total. The van der Waals surface area contributed by atoms with Crippen LogP contribution in [0.1, 0.15) is 75.6 Å². The molecule has 0 saturated carbocycles. The molecule has 0 saturated heterocycles. The van der Waals surface area contributed by atoms with Crippen molar-refractivity contribution < 1.29 is 30.6 Å². The van der Waals surface area contributed by atoms with Crippen molar-refractivity contribution in [1.29, 1.82) is 0 Å². The second-order valence-electron chi connectivity index (χ2n) is 10.6. The molecule has 0 aliphatic carbocycles. The second-order valence-corrected chi connectivity index (χ2v) is 10.6. The van der Waals surface area contributed by atoms with E-state index in [2.05, 4.69) is 11.8 Å². The molecule has 34 heavy (non-hydrogen) atoms. The van der Waals surface area contributed by atoms with E-state index in [-0.39, 0.29) is 58.2 Å². The summed E-state index contributed by atoms with van der Waals surface area (Å²) in [7, 11) is 0. The molecular formula is C28H38O6. The van der Waals surface area contributed by atoms with Crippen molar-refractivity contribution in [2.45, 2.75) is 66.2 Å². The molecule has 6 N–H and O–H groups in total. The lowest BCUT2D eigenvalue weighted by atomic mass is 9.87. The van der Waals surface area contributed by atoms with Crippen LogP contribution in [0.2, 0.25) is 0 Å². The molecular weight excluding hydrogens is 432 g/mol. The first-order chi connectivity index (χ1) is 15.9. The van der Waals surface area contributed by atoms with Gasteiger partial charge in [-0.25, -0.2) is 0 Å². The van der Waals surface area contributed by atoms with Crippen LogP contribution in [0.15, 0.2) is 24.3 Å². The summed E-state index contributed by atoms with van der Waals surface area (Å²) in [6.07, 6.45) is 4.00. The average Bonchev–Trinajstić information content (AvgIpc) is 2.77. The van der Waals surface area contributed by atoms with Gasteiger partial charge in [0.1, 0.15) is 23.0 Å². The number of rotatable bonds is 10. The molecule has 186 valence electrons. The minimum absolute atomic E-state index is 0.0224. The minimum atomic E-state index is -0.215. The van der Waals surface area contributed by atoms with Crippen LogP contribution >= 0.6 is 0 Å². The van der Waals surface area contributed by atoms with Crippen molar-refractivity contribution in [2.75, 3.05) is 13.2 Å². The molecule has 2 aromatic rings. The van der Waals surface area contributed by atoms with Gasteiger partial charge in [-0.1, -0.05) is 39.5 Å². The summed E-state index contributed by atoms with van der Waals surface area (Å²) in [6, 6.07) is 5.73. The van der Waals surface area contributed by atoms with E-state index in [4.69, 9.17) is 0 Å². The molecule has 6 heteroatoms. The Morgan fingerprint density at radius 2 is 0.971 bits per heavy atom. The van der Waals surface area contributed by atoms with Gasteiger partial charge in [-0.15, -0.1) is 0 Å². The van der Waals surface area contributed by atoms with Crippen LogP contribution in [-0.4, -0.2) is 43.9 Å². The molecule has 2 aromatic carbocycles. The number of phenols is 4. The number of aryl methyl sites for hydroxylation is 2. The summed E-state index contributed by atoms with van der Waals surface area (Å²) in [5.74, 6) is 5.51. The number of aliphatic hydroxyl groups is 2. The van der Waals surface area contributed by atoms with Crippen molar-refractivity contribution in [3.63, 3.8) is 0 Å². The van der Waals surface area contributed by atoms with Crippen LogP contribution in [0.3, 0.4) is 0 Å². The minimum Gasteiger partial charge on any atom is -0.508 e. The third kappa shape index (κ3) is 7.86. The van der Waals surface area contributed by atoms with Crippen LogP contribution in [0.25, 0.3) is 0 Å². The molecule has 0 aliphatic rings. The van der Waals surface area contributed by atoms with E-state index in [0.717, 1.165) is 25.7 Å². The zero-order chi connectivity index (χ0) is 25.5. The van der Waals surface area contributed by atoms with Crippen molar-refractivity contribution in [3.8, 4) is 34.8 Å². The zero-order valence-corrected chi connectivity index (χ0v) is 20.6. The summed E-state index contributed by atoms with van der Waals surface area (Å²) in [4.78, 5) is 0. The van der Waals surface area contributed by atoms with Crippen LogP contribution in [0, 0.1) is 22.7 Å². The van der Waals surface area contributed by atoms with E-state index >= 15 is 0 Å². The second kappa shape index (κ2) is 11.5. The molecule has 0 amide bonds. The fourth-order valence-electron chi connectivity index (χ4n) is 3.73. The normalized spacial score (nSPS) is 11.8. The van der Waals surface area contributed by atoms with E-state index in [9.17, 15) is 30.6 Å². The Labute approximate surface area is 202 Å². The van der Waals surface area contributed by atoms with E-state index < -0.39 is 0 Å². The van der Waals surface area contributed by atoms with E-state index in [1.54, 1.807) is 0 Å². The van der Waals surface area contributed by atoms with E-state index in [0.29, 0.717) is 24.0 Å². The van der Waals surface area contributed by atoms with Crippen molar-refractivity contribution in [1.82, 2.24) is 0 Å². The lowest BCUT2D eigenvalue weighted by Gasteiger charge is -2.21. The number of benzene rings is 2. The highest BCUT2D eigenvalue weighted by Crippen LogP contribution is 2.32. The lowest BCUT2D eigenvalue weighted by molar-refractivity contribution is 0.148. The Kier molecular flexibility index (Phi) is 9.26. The van der Waals surface area contributed by atoms with Gasteiger partial charge in [0.2, 0.25) is 0 Å². The quantitative estimate of drug-likeness (QED) is 0.223. The SMILES string of the molecule is CC(C)(CO)CCCc1cc(O)cc(C#Cc2cc(O)cc(CCCC(C)(C)CO)c2O)c1O. The van der Waals surface area contributed by atoms with Gasteiger partial charge in [0.25, 0.3) is 0 Å². The summed E-state index contributed by atoms with van der Waals surface area (Å²) in [6.45, 7) is 8.02. The molecule has 0 radical (unpaired) electrons. The van der Waals surface area contributed by atoms with Crippen molar-refractivity contribution >= 4 is 0 Å². The molecule has 0 fully saturated rings. The summed E-state index contributed by atoms with van der Waals surface area (Å²) < 4.78 is 0. The predicted octanol–water partition coefficient (Wildman–Crippen LogP) is 4.59. The van der Waals surface area contributed by atoms with Gasteiger partial charge in [0, 0.05) is 13.2 Å². The Balaban J connectivity index is 2.24. The number of hydrogen-bond acceptors (Lipinski definition) is 6. The zero-order valence-electron chi connectivity index (χ0n) is 20.6. The summed E-state index contributed by atoms with van der Waals surface area (Å²) in [5.41, 5.74) is 1.15. The Hall–Kier alpha value is -2.88. The number of aliphatic hydroxyl groups excluding tert-OH is 2. The Morgan fingerprint density at radius 1 is 0.618 bits per heavy atom. The fraction of sp³-hybridized carbons (Fsp3) is 0.500. The Bertz CT molecular complexity index is 962. The highest BCUT2D eigenvalue weighted by Gasteiger charge is 2.18. The van der Waals surface area contributed by atoms with Crippen LogP contribution in [-0.2, 0) is 12.8 Å². The third-order valence-electron chi connectivity index (χ3n) is 6.13. The maximum Gasteiger partial charge on any atom is 0.134 e.